The van der Waals surface area contributed by atoms with Crippen LogP contribution in [0.2, 0.25) is 5.02 Å². The second kappa shape index (κ2) is 10.4. The molecule has 4 N–H and O–H groups in total. The minimum absolute atomic E-state index is 0.0992. The number of hydrogen-bond acceptors (Lipinski definition) is 7. The molecule has 1 aromatic carbocycles. The monoisotopic (exact) mass is 520 g/mol. The van der Waals surface area contributed by atoms with E-state index in [1.165, 1.54) is 32.1 Å². The highest BCUT2D eigenvalue weighted by Gasteiger charge is 2.55. The fourth-order valence-corrected chi connectivity index (χ4v) is 8.17. The summed E-state index contributed by atoms with van der Waals surface area (Å²) in [5.41, 5.74) is 1.74. The molecule has 0 radical (unpaired) electrons. The molecule has 5 saturated carbocycles. The number of rotatable bonds is 8. The Kier molecular flexibility index (Phi) is 7.00. The molecule has 4 bridgehead atoms. The molecule has 5 atom stereocenters. The molecular weight excluding hydrogens is 484 g/mol. The molecule has 5 aliphatic carbocycles. The van der Waals surface area contributed by atoms with Crippen molar-refractivity contribution in [3.63, 3.8) is 0 Å². The highest BCUT2D eigenvalue weighted by molar-refractivity contribution is 6.31. The lowest BCUT2D eigenvalue weighted by Gasteiger charge is -2.61. The lowest BCUT2D eigenvalue weighted by atomic mass is 9.47. The van der Waals surface area contributed by atoms with E-state index in [9.17, 15) is 10.4 Å². The van der Waals surface area contributed by atoms with Gasteiger partial charge in [0, 0.05) is 30.2 Å². The third-order valence-corrected chi connectivity index (χ3v) is 9.83. The zero-order valence-corrected chi connectivity index (χ0v) is 22.1. The quantitative estimate of drug-likeness (QED) is 0.383. The average molecular weight is 521 g/mol. The van der Waals surface area contributed by atoms with Crippen molar-refractivity contribution in [2.24, 2.45) is 23.2 Å². The van der Waals surface area contributed by atoms with Gasteiger partial charge < -0.3 is 21.1 Å². The van der Waals surface area contributed by atoms with E-state index in [-0.39, 0.29) is 11.5 Å². The van der Waals surface area contributed by atoms with Crippen LogP contribution in [0.1, 0.15) is 68.9 Å². The van der Waals surface area contributed by atoms with E-state index >= 15 is 0 Å². The van der Waals surface area contributed by atoms with Crippen molar-refractivity contribution >= 4 is 23.4 Å². The van der Waals surface area contributed by atoms with Crippen molar-refractivity contribution in [1.29, 1.82) is 5.26 Å². The second-order valence-electron chi connectivity index (χ2n) is 12.0. The normalized spacial score (nSPS) is 34.2. The molecule has 5 fully saturated rings. The number of aromatic nitrogens is 2. The van der Waals surface area contributed by atoms with Gasteiger partial charge in [0.1, 0.15) is 17.5 Å². The molecule has 0 spiro atoms. The van der Waals surface area contributed by atoms with E-state index in [1.54, 1.807) is 6.20 Å². The van der Waals surface area contributed by atoms with Crippen LogP contribution in [-0.4, -0.2) is 39.8 Å². The Balaban J connectivity index is 1.11. The smallest absolute Gasteiger partial charge is 0.224 e. The largest absolute Gasteiger partial charge is 0.393 e. The van der Waals surface area contributed by atoms with Gasteiger partial charge in [0.25, 0.3) is 0 Å². The van der Waals surface area contributed by atoms with Gasteiger partial charge in [-0.05, 0) is 92.6 Å². The van der Waals surface area contributed by atoms with Gasteiger partial charge in [0.15, 0.2) is 0 Å². The van der Waals surface area contributed by atoms with E-state index in [2.05, 4.69) is 32.0 Å². The van der Waals surface area contributed by atoms with Crippen LogP contribution >= 0.6 is 11.6 Å². The maximum atomic E-state index is 9.90. The van der Waals surface area contributed by atoms with Crippen molar-refractivity contribution < 1.29 is 5.11 Å². The molecular formula is C29H37ClN6O. The van der Waals surface area contributed by atoms with Gasteiger partial charge in [0.05, 0.1) is 12.3 Å². The number of nitriles is 1. The summed E-state index contributed by atoms with van der Waals surface area (Å²) in [5.74, 6) is 3.39. The maximum Gasteiger partial charge on any atom is 0.224 e. The molecule has 7 nitrogen and oxygen atoms in total. The first-order valence-corrected chi connectivity index (χ1v) is 14.3. The molecule has 37 heavy (non-hydrogen) atoms. The summed E-state index contributed by atoms with van der Waals surface area (Å²) in [6.45, 7) is 1.38. The Bertz CT molecular complexity index is 1140. The van der Waals surface area contributed by atoms with Gasteiger partial charge in [-0.2, -0.15) is 10.2 Å². The summed E-state index contributed by atoms with van der Waals surface area (Å²) in [4.78, 5) is 9.02. The Morgan fingerprint density at radius 2 is 1.81 bits per heavy atom. The van der Waals surface area contributed by atoms with Crippen LogP contribution in [0, 0.1) is 34.5 Å². The third kappa shape index (κ3) is 5.30. The highest BCUT2D eigenvalue weighted by Crippen LogP contribution is 2.60. The number of anilines is 2. The summed E-state index contributed by atoms with van der Waals surface area (Å²) in [5, 5.41) is 31.2. The number of aliphatic hydroxyl groups excluding tert-OH is 1. The lowest BCUT2D eigenvalue weighted by molar-refractivity contribution is -0.0737. The first kappa shape index (κ1) is 24.9. The molecule has 1 unspecified atom stereocenters. The Morgan fingerprint density at radius 3 is 2.54 bits per heavy atom. The number of nitrogens with one attached hydrogen (secondary N) is 3. The zero-order chi connectivity index (χ0) is 25.4. The molecule has 1 heterocycles. The number of aliphatic hydroxyl groups is 1. The first-order valence-electron chi connectivity index (χ1n) is 13.9. The van der Waals surface area contributed by atoms with Crippen molar-refractivity contribution in [1.82, 2.24) is 15.3 Å². The first-order chi connectivity index (χ1) is 18.0. The zero-order valence-electron chi connectivity index (χ0n) is 21.3. The summed E-state index contributed by atoms with van der Waals surface area (Å²) >= 11 is 6.29. The topological polar surface area (TPSA) is 106 Å². The minimum atomic E-state index is -0.0992. The van der Waals surface area contributed by atoms with Gasteiger partial charge in [0.2, 0.25) is 5.95 Å². The molecule has 0 aliphatic heterocycles. The third-order valence-electron chi connectivity index (χ3n) is 9.46. The minimum Gasteiger partial charge on any atom is -0.393 e. The average Bonchev–Trinajstić information content (AvgIpc) is 2.90. The van der Waals surface area contributed by atoms with Gasteiger partial charge in [-0.1, -0.05) is 29.8 Å². The maximum absolute atomic E-state index is 9.90. The van der Waals surface area contributed by atoms with Gasteiger partial charge in [-0.15, -0.1) is 0 Å². The SMILES string of the molecule is N#Cc1cnc(NCc2ccccc2Cl)nc1NC[C@]12CC3C[C@H](C1)[C@@H](N[C@H]1CC[C@H](O)CC1)[C@@H](C3)C2. The van der Waals surface area contributed by atoms with Gasteiger partial charge in [-0.25, -0.2) is 4.98 Å². The van der Waals surface area contributed by atoms with Crippen LogP contribution in [0.15, 0.2) is 30.5 Å². The van der Waals surface area contributed by atoms with Crippen LogP contribution < -0.4 is 16.0 Å². The van der Waals surface area contributed by atoms with Gasteiger partial charge >= 0.3 is 0 Å². The summed E-state index contributed by atoms with van der Waals surface area (Å²) in [7, 11) is 0. The van der Waals surface area contributed by atoms with Crippen LogP contribution in [-0.2, 0) is 6.54 Å². The van der Waals surface area contributed by atoms with E-state index in [4.69, 9.17) is 11.6 Å². The summed E-state index contributed by atoms with van der Waals surface area (Å²) in [6.07, 6.45) is 12.0. The fourth-order valence-electron chi connectivity index (χ4n) is 7.97. The molecule has 196 valence electrons. The Labute approximate surface area is 224 Å². The molecule has 0 amide bonds. The van der Waals surface area contributed by atoms with E-state index in [1.807, 2.05) is 24.3 Å². The molecule has 1 aromatic heterocycles. The van der Waals surface area contributed by atoms with Crippen LogP contribution in [0.5, 0.6) is 0 Å². The van der Waals surface area contributed by atoms with Crippen LogP contribution in [0.4, 0.5) is 11.8 Å². The molecule has 2 aromatic rings. The number of benzene rings is 1. The van der Waals surface area contributed by atoms with Gasteiger partial charge in [-0.3, -0.25) is 0 Å². The van der Waals surface area contributed by atoms with Crippen molar-refractivity contribution in [3.8, 4) is 6.07 Å². The second-order valence-corrected chi connectivity index (χ2v) is 12.4. The predicted octanol–water partition coefficient (Wildman–Crippen LogP) is 5.11. The number of halogens is 1. The predicted molar refractivity (Wildman–Crippen MR) is 145 cm³/mol. The fraction of sp³-hybridized carbons (Fsp3) is 0.621. The lowest BCUT2D eigenvalue weighted by Crippen LogP contribution is -2.61. The molecule has 7 rings (SSSR count). The summed E-state index contributed by atoms with van der Waals surface area (Å²) < 4.78 is 0. The molecule has 0 saturated heterocycles. The summed E-state index contributed by atoms with van der Waals surface area (Å²) in [6, 6.07) is 11.2. The van der Waals surface area contributed by atoms with E-state index < -0.39 is 0 Å². The standard InChI is InChI=1S/C29H37ClN6O/c30-25-4-2-1-3-19(25)15-32-28-33-16-22(14-31)27(36-28)34-17-29-11-18-9-20(12-29)26(21(10-18)13-29)35-23-5-7-24(37)8-6-23/h1-4,16,18,20-21,23-24,26,35,37H,5-13,15,17H2,(H2,32,33,34,36)/t18?,20-,21+,23-,24-,26-,29-. The van der Waals surface area contributed by atoms with Crippen LogP contribution in [0.25, 0.3) is 0 Å². The Hall–Kier alpha value is -2.40. The number of nitrogens with zero attached hydrogens (tertiary/aromatic N) is 3. The number of hydrogen-bond donors (Lipinski definition) is 4. The van der Waals surface area contributed by atoms with Crippen molar-refractivity contribution in [2.75, 3.05) is 17.2 Å². The molecule has 5 aliphatic rings. The van der Waals surface area contributed by atoms with E-state index in [0.717, 1.165) is 55.5 Å². The Morgan fingerprint density at radius 1 is 1.05 bits per heavy atom. The molecule has 8 heteroatoms. The highest BCUT2D eigenvalue weighted by atomic mass is 35.5. The van der Waals surface area contributed by atoms with Crippen LogP contribution in [0.3, 0.4) is 0 Å². The van der Waals surface area contributed by atoms with E-state index in [0.29, 0.717) is 41.0 Å². The van der Waals surface area contributed by atoms with Crippen molar-refractivity contribution in [3.05, 3.63) is 46.6 Å². The van der Waals surface area contributed by atoms with Crippen molar-refractivity contribution in [2.45, 2.75) is 82.5 Å².